The highest BCUT2D eigenvalue weighted by atomic mass is 15.3. The molecule has 0 atom stereocenters. The number of hydrogen-bond donors (Lipinski definition) is 3. The van der Waals surface area contributed by atoms with Crippen LogP contribution in [0.4, 0.5) is 0 Å². The first-order valence-electron chi connectivity index (χ1n) is 6.51. The smallest absolute Gasteiger partial charge is 0.205 e. The van der Waals surface area contributed by atoms with Crippen LogP contribution in [0.15, 0.2) is 4.99 Å². The highest BCUT2D eigenvalue weighted by Gasteiger charge is 2.31. The summed E-state index contributed by atoms with van der Waals surface area (Å²) in [5.74, 6) is 6.09. The van der Waals surface area contributed by atoms with Crippen LogP contribution in [0.25, 0.3) is 0 Å². The molecule has 0 aromatic heterocycles. The number of hydrazine groups is 1. The lowest BCUT2D eigenvalue weighted by molar-refractivity contribution is 0.227. The maximum Gasteiger partial charge on any atom is 0.205 e. The molecule has 0 saturated heterocycles. The normalized spacial score (nSPS) is 18.8. The van der Waals surface area contributed by atoms with E-state index < -0.39 is 0 Å². The quantitative estimate of drug-likeness (QED) is 0.478. The molecule has 1 aliphatic rings. The van der Waals surface area contributed by atoms with Crippen LogP contribution < -0.4 is 16.6 Å². The zero-order valence-corrected chi connectivity index (χ0v) is 10.7. The third kappa shape index (κ3) is 3.67. The van der Waals surface area contributed by atoms with Gasteiger partial charge in [0.15, 0.2) is 0 Å². The molecule has 4 N–H and O–H groups in total. The molecular weight excluding hydrogens is 200 g/mol. The first-order valence-corrected chi connectivity index (χ1v) is 6.51. The van der Waals surface area contributed by atoms with Crippen LogP contribution in [-0.2, 0) is 0 Å². The third-order valence-corrected chi connectivity index (χ3v) is 3.46. The van der Waals surface area contributed by atoms with Gasteiger partial charge in [0.05, 0.1) is 6.54 Å². The van der Waals surface area contributed by atoms with E-state index in [1.54, 1.807) is 0 Å². The van der Waals surface area contributed by atoms with Crippen molar-refractivity contribution in [3.63, 3.8) is 0 Å². The Morgan fingerprint density at radius 2 is 1.94 bits per heavy atom. The summed E-state index contributed by atoms with van der Waals surface area (Å²) in [7, 11) is 0. The lowest BCUT2D eigenvalue weighted by Gasteiger charge is -2.36. The molecule has 0 saturated carbocycles. The van der Waals surface area contributed by atoms with E-state index in [1.165, 1.54) is 38.5 Å². The summed E-state index contributed by atoms with van der Waals surface area (Å²) in [5, 5.41) is 3.29. The van der Waals surface area contributed by atoms with Crippen molar-refractivity contribution < 1.29 is 0 Å². The number of hydrogen-bond acceptors (Lipinski definition) is 4. The summed E-state index contributed by atoms with van der Waals surface area (Å²) >= 11 is 0. The van der Waals surface area contributed by atoms with Crippen molar-refractivity contribution in [3.05, 3.63) is 0 Å². The molecule has 94 valence electrons. The molecule has 0 aliphatic carbocycles. The fourth-order valence-electron chi connectivity index (χ4n) is 2.29. The predicted octanol–water partition coefficient (Wildman–Crippen LogP) is 1.78. The first kappa shape index (κ1) is 13.3. The topological polar surface area (TPSA) is 62.4 Å². The van der Waals surface area contributed by atoms with E-state index in [0.29, 0.717) is 5.41 Å². The summed E-state index contributed by atoms with van der Waals surface area (Å²) in [6, 6.07) is 0. The second-order valence-electron chi connectivity index (χ2n) is 4.87. The zero-order chi connectivity index (χ0) is 11.9. The van der Waals surface area contributed by atoms with E-state index in [-0.39, 0.29) is 0 Å². The fourth-order valence-corrected chi connectivity index (χ4v) is 2.29. The second kappa shape index (κ2) is 6.74. The van der Waals surface area contributed by atoms with Crippen LogP contribution in [-0.4, -0.2) is 19.0 Å². The number of unbranched alkanes of at least 4 members (excludes halogenated alkanes) is 2. The van der Waals surface area contributed by atoms with Gasteiger partial charge in [-0.15, -0.1) is 0 Å². The Morgan fingerprint density at radius 1 is 1.31 bits per heavy atom. The Labute approximate surface area is 99.1 Å². The monoisotopic (exact) mass is 226 g/mol. The van der Waals surface area contributed by atoms with Crippen molar-refractivity contribution >= 4 is 5.96 Å². The van der Waals surface area contributed by atoms with E-state index in [1.807, 2.05) is 0 Å². The summed E-state index contributed by atoms with van der Waals surface area (Å²) in [6.07, 6.45) is 7.67. The Kier molecular flexibility index (Phi) is 5.60. The second-order valence-corrected chi connectivity index (χ2v) is 4.87. The summed E-state index contributed by atoms with van der Waals surface area (Å²) < 4.78 is 0. The average molecular weight is 226 g/mol. The number of aliphatic imine (C=N–C) groups is 1. The minimum Gasteiger partial charge on any atom is -0.355 e. The van der Waals surface area contributed by atoms with Crippen LogP contribution in [0.3, 0.4) is 0 Å². The lowest BCUT2D eigenvalue weighted by atomic mass is 9.77. The molecule has 0 spiro atoms. The molecule has 0 unspecified atom stereocenters. The lowest BCUT2D eigenvalue weighted by Crippen LogP contribution is -2.51. The van der Waals surface area contributed by atoms with Gasteiger partial charge < -0.3 is 5.32 Å². The molecule has 0 radical (unpaired) electrons. The first-order chi connectivity index (χ1) is 7.76. The standard InChI is InChI=1S/C12H26N4/c1-3-5-7-12(8-6-4-2)9-14-11(16-13)15-10-12/h3-10,13H2,1-2H3,(H2,14,15,16). The van der Waals surface area contributed by atoms with Gasteiger partial charge in [0.2, 0.25) is 5.96 Å². The maximum atomic E-state index is 5.35. The minimum atomic E-state index is 0.367. The number of nitrogens with one attached hydrogen (secondary N) is 2. The van der Waals surface area contributed by atoms with Crippen molar-refractivity contribution in [1.29, 1.82) is 0 Å². The number of nitrogens with two attached hydrogens (primary N) is 1. The molecule has 16 heavy (non-hydrogen) atoms. The van der Waals surface area contributed by atoms with Gasteiger partial charge in [-0.2, -0.15) is 0 Å². The zero-order valence-electron chi connectivity index (χ0n) is 10.7. The van der Waals surface area contributed by atoms with Gasteiger partial charge in [-0.05, 0) is 12.8 Å². The van der Waals surface area contributed by atoms with Gasteiger partial charge >= 0.3 is 0 Å². The minimum absolute atomic E-state index is 0.367. The molecule has 1 aliphatic heterocycles. The number of nitrogens with zero attached hydrogens (tertiary/aromatic N) is 1. The van der Waals surface area contributed by atoms with E-state index >= 15 is 0 Å². The molecule has 0 bridgehead atoms. The van der Waals surface area contributed by atoms with Gasteiger partial charge in [0, 0.05) is 12.0 Å². The van der Waals surface area contributed by atoms with Crippen molar-refractivity contribution in [2.45, 2.75) is 52.4 Å². The SMILES string of the molecule is CCCCC1(CCCC)CN=C(NN)NC1. The molecule has 4 heteroatoms. The van der Waals surface area contributed by atoms with Crippen LogP contribution in [0.2, 0.25) is 0 Å². The van der Waals surface area contributed by atoms with Crippen LogP contribution in [0.1, 0.15) is 52.4 Å². The van der Waals surface area contributed by atoms with Crippen molar-refractivity contribution in [2.75, 3.05) is 13.1 Å². The van der Waals surface area contributed by atoms with E-state index in [0.717, 1.165) is 19.0 Å². The van der Waals surface area contributed by atoms with Gasteiger partial charge in [-0.25, -0.2) is 5.84 Å². The molecule has 1 rings (SSSR count). The van der Waals surface area contributed by atoms with E-state index in [4.69, 9.17) is 5.84 Å². The molecule has 1 heterocycles. The molecule has 0 aromatic rings. The Hall–Kier alpha value is -0.770. The Morgan fingerprint density at radius 3 is 2.31 bits per heavy atom. The Bertz CT molecular complexity index is 217. The van der Waals surface area contributed by atoms with Crippen molar-refractivity contribution in [2.24, 2.45) is 16.3 Å². The van der Waals surface area contributed by atoms with Gasteiger partial charge in [-0.1, -0.05) is 39.5 Å². The van der Waals surface area contributed by atoms with Crippen molar-refractivity contribution in [1.82, 2.24) is 10.7 Å². The van der Waals surface area contributed by atoms with Gasteiger partial charge in [0.25, 0.3) is 0 Å². The van der Waals surface area contributed by atoms with Crippen molar-refractivity contribution in [3.8, 4) is 0 Å². The average Bonchev–Trinajstić information content (AvgIpc) is 2.35. The highest BCUT2D eigenvalue weighted by Crippen LogP contribution is 2.32. The molecule has 0 amide bonds. The van der Waals surface area contributed by atoms with Crippen LogP contribution >= 0.6 is 0 Å². The molecule has 0 aromatic carbocycles. The van der Waals surface area contributed by atoms with Gasteiger partial charge in [-0.3, -0.25) is 10.4 Å². The maximum absolute atomic E-state index is 5.35. The Balaban J connectivity index is 2.55. The highest BCUT2D eigenvalue weighted by molar-refractivity contribution is 5.79. The predicted molar refractivity (Wildman–Crippen MR) is 69.1 cm³/mol. The van der Waals surface area contributed by atoms with E-state index in [9.17, 15) is 0 Å². The molecular formula is C12H26N4. The third-order valence-electron chi connectivity index (χ3n) is 3.46. The number of guanidine groups is 1. The number of rotatable bonds is 6. The summed E-state index contributed by atoms with van der Waals surface area (Å²) in [6.45, 7) is 6.43. The van der Waals surface area contributed by atoms with E-state index in [2.05, 4.69) is 29.6 Å². The fraction of sp³-hybridized carbons (Fsp3) is 0.917. The summed E-state index contributed by atoms with van der Waals surface area (Å²) in [5.41, 5.74) is 2.96. The van der Waals surface area contributed by atoms with Crippen LogP contribution in [0.5, 0.6) is 0 Å². The van der Waals surface area contributed by atoms with Crippen LogP contribution in [0, 0.1) is 5.41 Å². The summed E-state index contributed by atoms with van der Waals surface area (Å²) in [4.78, 5) is 4.48. The molecule has 4 nitrogen and oxygen atoms in total. The van der Waals surface area contributed by atoms with Gasteiger partial charge in [0.1, 0.15) is 0 Å². The molecule has 0 fully saturated rings. The largest absolute Gasteiger partial charge is 0.355 e.